The van der Waals surface area contributed by atoms with Gasteiger partial charge in [0.05, 0.1) is 23.6 Å². The van der Waals surface area contributed by atoms with Crippen LogP contribution < -0.4 is 4.90 Å². The van der Waals surface area contributed by atoms with E-state index in [-0.39, 0.29) is 43.4 Å². The molecule has 38 heavy (non-hydrogen) atoms. The number of esters is 1. The number of nitrogens with zero attached hydrogens (tertiary/aromatic N) is 5. The van der Waals surface area contributed by atoms with Crippen LogP contribution in [0.25, 0.3) is 5.69 Å². The summed E-state index contributed by atoms with van der Waals surface area (Å²) < 4.78 is 27.1. The van der Waals surface area contributed by atoms with E-state index in [0.29, 0.717) is 17.1 Å². The molecule has 0 saturated carbocycles. The summed E-state index contributed by atoms with van der Waals surface area (Å²) in [5.74, 6) is -1.09. The second kappa shape index (κ2) is 9.59. The number of carbonyl (C=O) groups is 3. The van der Waals surface area contributed by atoms with Crippen molar-refractivity contribution in [2.75, 3.05) is 18.0 Å². The van der Waals surface area contributed by atoms with E-state index < -0.39 is 29.1 Å². The van der Waals surface area contributed by atoms with Crippen LogP contribution in [0.5, 0.6) is 0 Å². The predicted molar refractivity (Wildman–Crippen MR) is 139 cm³/mol. The Morgan fingerprint density at radius 2 is 1.55 bits per heavy atom. The van der Waals surface area contributed by atoms with Crippen molar-refractivity contribution in [1.82, 2.24) is 19.4 Å². The highest BCUT2D eigenvalue weighted by atomic mass is 19.1. The van der Waals surface area contributed by atoms with Crippen LogP contribution >= 0.6 is 0 Å². The number of ether oxygens (including phenoxy) is 2. The lowest BCUT2D eigenvalue weighted by Crippen LogP contribution is -2.62. The number of aromatic nitrogens is 2. The van der Waals surface area contributed by atoms with E-state index in [4.69, 9.17) is 9.47 Å². The molecule has 1 aromatic carbocycles. The molecule has 2 aliphatic rings. The molecule has 2 aromatic rings. The first-order valence-electron chi connectivity index (χ1n) is 12.7. The highest BCUT2D eigenvalue weighted by Crippen LogP contribution is 2.36. The van der Waals surface area contributed by atoms with Gasteiger partial charge in [-0.1, -0.05) is 0 Å². The Morgan fingerprint density at radius 3 is 2.13 bits per heavy atom. The average Bonchev–Trinajstić information content (AvgIpc) is 3.19. The number of piperazine rings is 1. The van der Waals surface area contributed by atoms with Crippen molar-refractivity contribution in [2.45, 2.75) is 85.2 Å². The Balaban J connectivity index is 1.65. The third kappa shape index (κ3) is 5.46. The highest BCUT2D eigenvalue weighted by molar-refractivity contribution is 5.97. The molecule has 0 unspecified atom stereocenters. The first-order chi connectivity index (χ1) is 17.6. The summed E-state index contributed by atoms with van der Waals surface area (Å²) in [6.45, 7) is 15.0. The number of anilines is 1. The first kappa shape index (κ1) is 27.4. The van der Waals surface area contributed by atoms with Crippen LogP contribution in [0.15, 0.2) is 24.5 Å². The molecule has 0 radical (unpaired) electrons. The first-order valence-corrected chi connectivity index (χ1v) is 12.7. The van der Waals surface area contributed by atoms with Gasteiger partial charge < -0.3 is 19.3 Å². The molecular formula is C27H36FN5O5. The SMILES string of the molecule is C[C@@H]1CN(C(=O)OC(C)(C)C)C[C@H](C)N1C(=O)N1Cc2c(C(=O)OC(C)(C)C)ncn2-c2ccc(F)cc21. The quantitative estimate of drug-likeness (QED) is 0.495. The molecule has 2 atom stereocenters. The Kier molecular flexibility index (Phi) is 6.92. The molecule has 1 aromatic heterocycles. The van der Waals surface area contributed by atoms with Crippen molar-refractivity contribution < 1.29 is 28.2 Å². The lowest BCUT2D eigenvalue weighted by Gasteiger charge is -2.46. The second-order valence-corrected chi connectivity index (χ2v) is 11.9. The molecule has 1 fully saturated rings. The monoisotopic (exact) mass is 529 g/mol. The molecule has 0 N–H and O–H groups in total. The van der Waals surface area contributed by atoms with Crippen molar-refractivity contribution >= 4 is 23.8 Å². The molecule has 3 heterocycles. The molecule has 11 heteroatoms. The van der Waals surface area contributed by atoms with Gasteiger partial charge in [-0.25, -0.2) is 23.8 Å². The molecule has 0 spiro atoms. The van der Waals surface area contributed by atoms with Crippen LogP contribution in [-0.2, 0) is 16.0 Å². The van der Waals surface area contributed by atoms with E-state index in [1.165, 1.54) is 23.4 Å². The summed E-state index contributed by atoms with van der Waals surface area (Å²) >= 11 is 0. The molecule has 10 nitrogen and oxygen atoms in total. The minimum absolute atomic E-state index is 0.00438. The number of benzene rings is 1. The maximum atomic E-state index is 14.4. The summed E-state index contributed by atoms with van der Waals surface area (Å²) in [7, 11) is 0. The van der Waals surface area contributed by atoms with E-state index in [1.807, 2.05) is 13.8 Å². The minimum atomic E-state index is -0.725. The van der Waals surface area contributed by atoms with Crippen molar-refractivity contribution in [2.24, 2.45) is 0 Å². The van der Waals surface area contributed by atoms with E-state index in [9.17, 15) is 18.8 Å². The molecule has 3 amide bonds. The van der Waals surface area contributed by atoms with Gasteiger partial charge in [-0.2, -0.15) is 0 Å². The Labute approximate surface area is 222 Å². The summed E-state index contributed by atoms with van der Waals surface area (Å²) in [5, 5.41) is 0. The molecule has 0 aliphatic carbocycles. The predicted octanol–water partition coefficient (Wildman–Crippen LogP) is 4.74. The lowest BCUT2D eigenvalue weighted by atomic mass is 10.1. The van der Waals surface area contributed by atoms with Crippen molar-refractivity contribution in [3.63, 3.8) is 0 Å². The number of imidazole rings is 1. The number of fused-ring (bicyclic) bond motifs is 3. The molecular weight excluding hydrogens is 493 g/mol. The van der Waals surface area contributed by atoms with Crippen LogP contribution in [0, 0.1) is 5.82 Å². The second-order valence-electron chi connectivity index (χ2n) is 11.9. The number of halogens is 1. The molecule has 0 bridgehead atoms. The lowest BCUT2D eigenvalue weighted by molar-refractivity contribution is 0.00164. The minimum Gasteiger partial charge on any atom is -0.455 e. The Morgan fingerprint density at radius 1 is 0.947 bits per heavy atom. The number of rotatable bonds is 1. The van der Waals surface area contributed by atoms with Gasteiger partial charge >= 0.3 is 18.1 Å². The van der Waals surface area contributed by atoms with Gasteiger partial charge in [-0.3, -0.25) is 9.47 Å². The van der Waals surface area contributed by atoms with Gasteiger partial charge in [0.25, 0.3) is 0 Å². The van der Waals surface area contributed by atoms with Gasteiger partial charge in [0.15, 0.2) is 5.69 Å². The van der Waals surface area contributed by atoms with E-state index in [0.717, 1.165) is 0 Å². The summed E-state index contributed by atoms with van der Waals surface area (Å²) in [5.41, 5.74) is 0.105. The van der Waals surface area contributed by atoms with Gasteiger partial charge in [0.1, 0.15) is 23.3 Å². The molecule has 4 rings (SSSR count). The van der Waals surface area contributed by atoms with Crippen molar-refractivity contribution in [3.8, 4) is 5.69 Å². The molecule has 206 valence electrons. The fraction of sp³-hybridized carbons (Fsp3) is 0.556. The fourth-order valence-corrected chi connectivity index (χ4v) is 4.87. The average molecular weight is 530 g/mol. The summed E-state index contributed by atoms with van der Waals surface area (Å²) in [4.78, 5) is 48.7. The zero-order valence-electron chi connectivity index (χ0n) is 23.2. The number of carbonyl (C=O) groups excluding carboxylic acids is 3. The maximum absolute atomic E-state index is 14.4. The van der Waals surface area contributed by atoms with Gasteiger partial charge in [0.2, 0.25) is 0 Å². The van der Waals surface area contributed by atoms with Crippen LogP contribution in [0.1, 0.15) is 71.6 Å². The largest absolute Gasteiger partial charge is 0.455 e. The summed E-state index contributed by atoms with van der Waals surface area (Å²) in [6, 6.07) is 3.12. The third-order valence-electron chi connectivity index (χ3n) is 6.28. The van der Waals surface area contributed by atoms with E-state index in [1.54, 1.807) is 62.0 Å². The number of amides is 3. The standard InChI is InChI=1S/C27H36FN5O5/c1-16-12-30(25(36)38-27(6,7)8)13-17(2)33(16)24(35)31-14-21-22(23(34)37-26(3,4)5)29-15-32(21)19-10-9-18(28)11-20(19)31/h9-11,15-17H,12-14H2,1-8H3/t16-,17+. The topological polar surface area (TPSA) is 97.2 Å². The zero-order valence-corrected chi connectivity index (χ0v) is 23.2. The van der Waals surface area contributed by atoms with E-state index >= 15 is 0 Å². The fourth-order valence-electron chi connectivity index (χ4n) is 4.87. The van der Waals surface area contributed by atoms with Crippen molar-refractivity contribution in [3.05, 3.63) is 41.7 Å². The Hall–Kier alpha value is -3.63. The number of urea groups is 1. The van der Waals surface area contributed by atoms with Crippen LogP contribution in [0.4, 0.5) is 19.7 Å². The van der Waals surface area contributed by atoms with Gasteiger partial charge in [-0.05, 0) is 73.6 Å². The van der Waals surface area contributed by atoms with Crippen molar-refractivity contribution in [1.29, 1.82) is 0 Å². The number of hydrogen-bond donors (Lipinski definition) is 0. The number of hydrogen-bond acceptors (Lipinski definition) is 6. The molecule has 1 saturated heterocycles. The maximum Gasteiger partial charge on any atom is 0.410 e. The molecule has 2 aliphatic heterocycles. The smallest absolute Gasteiger partial charge is 0.410 e. The van der Waals surface area contributed by atoms with Crippen LogP contribution in [-0.4, -0.2) is 73.8 Å². The van der Waals surface area contributed by atoms with E-state index in [2.05, 4.69) is 4.98 Å². The van der Waals surface area contributed by atoms with Gasteiger partial charge in [-0.15, -0.1) is 0 Å². The highest BCUT2D eigenvalue weighted by Gasteiger charge is 2.41. The van der Waals surface area contributed by atoms with Crippen LogP contribution in [0.3, 0.4) is 0 Å². The normalized spacial score (nSPS) is 19.6. The zero-order chi connectivity index (χ0) is 28.2. The Bertz CT molecular complexity index is 1250. The van der Waals surface area contributed by atoms with Crippen LogP contribution in [0.2, 0.25) is 0 Å². The summed E-state index contributed by atoms with van der Waals surface area (Å²) in [6.07, 6.45) is 1.05. The van der Waals surface area contributed by atoms with Gasteiger partial charge in [0, 0.05) is 25.2 Å². The third-order valence-corrected chi connectivity index (χ3v) is 6.28.